The van der Waals surface area contributed by atoms with E-state index in [9.17, 15) is 5.11 Å². The molecule has 4 fully saturated rings. The summed E-state index contributed by atoms with van der Waals surface area (Å²) in [6, 6.07) is 0. The summed E-state index contributed by atoms with van der Waals surface area (Å²) in [5.41, 5.74) is -0.353. The zero-order valence-corrected chi connectivity index (χ0v) is 10.5. The minimum Gasteiger partial charge on any atom is -0.390 e. The fraction of sp³-hybridized carbons (Fsp3) is 0.714. The van der Waals surface area contributed by atoms with Crippen LogP contribution in [0.1, 0.15) is 38.5 Å². The number of hydrogen-bond acceptors (Lipinski definition) is 4. The highest BCUT2D eigenvalue weighted by molar-refractivity contribution is 5.37. The van der Waals surface area contributed by atoms with Crippen LogP contribution in [-0.2, 0) is 0 Å². The van der Waals surface area contributed by atoms with Crippen LogP contribution < -0.4 is 5.32 Å². The Labute approximate surface area is 107 Å². The van der Waals surface area contributed by atoms with Gasteiger partial charge in [0, 0.05) is 17.9 Å². The molecular formula is C14H19N3O. The molecule has 96 valence electrons. The molecule has 4 saturated carbocycles. The predicted molar refractivity (Wildman–Crippen MR) is 68.0 cm³/mol. The Morgan fingerprint density at radius 3 is 2.56 bits per heavy atom. The highest BCUT2D eigenvalue weighted by Gasteiger charge is 2.57. The molecule has 4 heteroatoms. The van der Waals surface area contributed by atoms with Crippen molar-refractivity contribution in [3.05, 3.63) is 18.6 Å². The molecule has 18 heavy (non-hydrogen) atoms. The van der Waals surface area contributed by atoms with Crippen molar-refractivity contribution in [1.29, 1.82) is 0 Å². The number of nitrogens with zero attached hydrogens (tertiary/aromatic N) is 2. The van der Waals surface area contributed by atoms with Crippen molar-refractivity contribution in [1.82, 2.24) is 9.97 Å². The van der Waals surface area contributed by atoms with E-state index in [4.69, 9.17) is 0 Å². The minimum atomic E-state index is -0.417. The van der Waals surface area contributed by atoms with Gasteiger partial charge in [0.25, 0.3) is 0 Å². The normalized spacial score (nSPS) is 45.2. The maximum atomic E-state index is 10.7. The first kappa shape index (κ1) is 10.7. The standard InChI is InChI=1S/C14H19N3O/c18-14-6-10-3-11(7-14)5-13(4-10,9-14)17-12-8-15-1-2-16-12/h1-2,8,10-11,18H,3-7,9H2,(H,16,17)/t10-,11+,13?,14?. The molecule has 4 nitrogen and oxygen atoms in total. The summed E-state index contributed by atoms with van der Waals surface area (Å²) < 4.78 is 0. The minimum absolute atomic E-state index is 0.0644. The van der Waals surface area contributed by atoms with Gasteiger partial charge in [-0.05, 0) is 50.4 Å². The summed E-state index contributed by atoms with van der Waals surface area (Å²) in [5, 5.41) is 14.2. The van der Waals surface area contributed by atoms with Crippen LogP contribution in [-0.4, -0.2) is 26.2 Å². The zero-order valence-electron chi connectivity index (χ0n) is 10.5. The lowest BCUT2D eigenvalue weighted by molar-refractivity contribution is -0.127. The first-order valence-corrected chi connectivity index (χ1v) is 6.91. The molecule has 4 aliphatic rings. The Morgan fingerprint density at radius 2 is 1.94 bits per heavy atom. The molecular weight excluding hydrogens is 226 g/mol. The van der Waals surface area contributed by atoms with Crippen molar-refractivity contribution < 1.29 is 5.11 Å². The highest BCUT2D eigenvalue weighted by atomic mass is 16.3. The van der Waals surface area contributed by atoms with Crippen LogP contribution in [0.2, 0.25) is 0 Å². The lowest BCUT2D eigenvalue weighted by atomic mass is 9.51. The smallest absolute Gasteiger partial charge is 0.144 e. The molecule has 1 aromatic heterocycles. The molecule has 4 aliphatic carbocycles. The Balaban J connectivity index is 1.64. The number of hydrogen-bond donors (Lipinski definition) is 2. The number of anilines is 1. The first-order chi connectivity index (χ1) is 8.65. The van der Waals surface area contributed by atoms with Crippen molar-refractivity contribution >= 4 is 5.82 Å². The van der Waals surface area contributed by atoms with Gasteiger partial charge in [-0.15, -0.1) is 0 Å². The van der Waals surface area contributed by atoms with Gasteiger partial charge in [-0.1, -0.05) is 0 Å². The summed E-state index contributed by atoms with van der Waals surface area (Å²) in [7, 11) is 0. The largest absolute Gasteiger partial charge is 0.390 e. The van der Waals surface area contributed by atoms with E-state index in [0.29, 0.717) is 11.8 Å². The Bertz CT molecular complexity index is 447. The fourth-order valence-electron chi connectivity index (χ4n) is 5.00. The lowest BCUT2D eigenvalue weighted by Crippen LogP contribution is -2.62. The molecule has 2 unspecified atom stereocenters. The van der Waals surface area contributed by atoms with Crippen LogP contribution in [0.4, 0.5) is 5.82 Å². The summed E-state index contributed by atoms with van der Waals surface area (Å²) in [5.74, 6) is 2.24. The van der Waals surface area contributed by atoms with E-state index < -0.39 is 5.60 Å². The van der Waals surface area contributed by atoms with E-state index in [-0.39, 0.29) is 5.54 Å². The van der Waals surface area contributed by atoms with Gasteiger partial charge in [0.1, 0.15) is 5.82 Å². The van der Waals surface area contributed by atoms with E-state index in [2.05, 4.69) is 15.3 Å². The summed E-state index contributed by atoms with van der Waals surface area (Å²) >= 11 is 0. The van der Waals surface area contributed by atoms with Crippen LogP contribution in [0.25, 0.3) is 0 Å². The molecule has 4 atom stereocenters. The van der Waals surface area contributed by atoms with Gasteiger partial charge >= 0.3 is 0 Å². The number of aromatic nitrogens is 2. The van der Waals surface area contributed by atoms with Crippen LogP contribution in [0, 0.1) is 11.8 Å². The van der Waals surface area contributed by atoms with Crippen molar-refractivity contribution in [2.45, 2.75) is 49.7 Å². The Morgan fingerprint density at radius 1 is 1.17 bits per heavy atom. The Hall–Kier alpha value is -1.16. The second kappa shape index (κ2) is 3.44. The second-order valence-corrected chi connectivity index (χ2v) is 6.68. The van der Waals surface area contributed by atoms with Crippen molar-refractivity contribution in [2.24, 2.45) is 11.8 Å². The van der Waals surface area contributed by atoms with Crippen molar-refractivity contribution in [3.8, 4) is 0 Å². The van der Waals surface area contributed by atoms with Gasteiger partial charge in [0.05, 0.1) is 11.8 Å². The molecule has 0 saturated heterocycles. The summed E-state index contributed by atoms with van der Waals surface area (Å²) in [6.45, 7) is 0. The third-order valence-corrected chi connectivity index (χ3v) is 4.99. The quantitative estimate of drug-likeness (QED) is 0.836. The van der Waals surface area contributed by atoms with Gasteiger partial charge in [0.15, 0.2) is 0 Å². The van der Waals surface area contributed by atoms with Crippen LogP contribution in [0.3, 0.4) is 0 Å². The average Bonchev–Trinajstić information content (AvgIpc) is 2.25. The second-order valence-electron chi connectivity index (χ2n) is 6.68. The summed E-state index contributed by atoms with van der Waals surface area (Å²) in [6.07, 6.45) is 11.8. The first-order valence-electron chi connectivity index (χ1n) is 6.91. The van der Waals surface area contributed by atoms with Crippen molar-refractivity contribution in [3.63, 3.8) is 0 Å². The molecule has 0 aliphatic heterocycles. The van der Waals surface area contributed by atoms with E-state index in [1.54, 1.807) is 18.6 Å². The predicted octanol–water partition coefficient (Wildman–Crippen LogP) is 1.97. The van der Waals surface area contributed by atoms with E-state index in [1.807, 2.05) is 0 Å². The molecule has 0 amide bonds. The van der Waals surface area contributed by atoms with Crippen molar-refractivity contribution in [2.75, 3.05) is 5.32 Å². The molecule has 1 heterocycles. The van der Waals surface area contributed by atoms with Crippen LogP contribution in [0.15, 0.2) is 18.6 Å². The number of rotatable bonds is 2. The van der Waals surface area contributed by atoms with E-state index in [1.165, 1.54) is 19.3 Å². The third-order valence-electron chi connectivity index (χ3n) is 4.99. The summed E-state index contributed by atoms with van der Waals surface area (Å²) in [4.78, 5) is 8.43. The maximum absolute atomic E-state index is 10.7. The van der Waals surface area contributed by atoms with E-state index >= 15 is 0 Å². The van der Waals surface area contributed by atoms with Gasteiger partial charge in [0.2, 0.25) is 0 Å². The number of aliphatic hydroxyl groups is 1. The van der Waals surface area contributed by atoms with E-state index in [0.717, 1.165) is 25.1 Å². The molecule has 4 bridgehead atoms. The molecule has 0 spiro atoms. The lowest BCUT2D eigenvalue weighted by Gasteiger charge is -2.60. The maximum Gasteiger partial charge on any atom is 0.144 e. The number of nitrogens with one attached hydrogen (secondary N) is 1. The topological polar surface area (TPSA) is 58.0 Å². The average molecular weight is 245 g/mol. The van der Waals surface area contributed by atoms with Gasteiger partial charge in [-0.3, -0.25) is 4.98 Å². The molecule has 1 aromatic rings. The zero-order chi connectivity index (χ0) is 12.2. The van der Waals surface area contributed by atoms with Crippen LogP contribution in [0.5, 0.6) is 0 Å². The molecule has 0 aromatic carbocycles. The van der Waals surface area contributed by atoms with Crippen LogP contribution >= 0.6 is 0 Å². The Kier molecular flexibility index (Phi) is 2.05. The third kappa shape index (κ3) is 1.62. The fourth-order valence-corrected chi connectivity index (χ4v) is 5.00. The highest BCUT2D eigenvalue weighted by Crippen LogP contribution is 2.58. The molecule has 2 N–H and O–H groups in total. The molecule has 0 radical (unpaired) electrons. The van der Waals surface area contributed by atoms with Gasteiger partial charge in [-0.2, -0.15) is 0 Å². The molecule has 5 rings (SSSR count). The SMILES string of the molecule is OC12C[C@H]3C[C@@H](C1)CC(Nc1cnccn1)(C3)C2. The monoisotopic (exact) mass is 245 g/mol. The van der Waals surface area contributed by atoms with Gasteiger partial charge < -0.3 is 10.4 Å². The van der Waals surface area contributed by atoms with Gasteiger partial charge in [-0.25, -0.2) is 4.98 Å².